The van der Waals surface area contributed by atoms with Crippen LogP contribution >= 0.6 is 0 Å². The smallest absolute Gasteiger partial charge is 0.240 e. The molecule has 6 rings (SSSR count). The Morgan fingerprint density at radius 2 is 1.74 bits per heavy atom. The summed E-state index contributed by atoms with van der Waals surface area (Å²) in [5, 5.41) is 15.5. The van der Waals surface area contributed by atoms with Gasteiger partial charge in [-0.3, -0.25) is 14.5 Å². The fraction of sp³-hybridized carbons (Fsp3) is 0.675. The number of amides is 1. The summed E-state index contributed by atoms with van der Waals surface area (Å²) in [6.07, 6.45) is 4.97. The van der Waals surface area contributed by atoms with Crippen LogP contribution in [0.2, 0.25) is 0 Å². The lowest BCUT2D eigenvalue weighted by Crippen LogP contribution is -2.58. The molecule has 7 atom stereocenters. The average molecular weight is 647 g/mol. The minimum atomic E-state index is -0.417. The van der Waals surface area contributed by atoms with Crippen molar-refractivity contribution in [2.75, 3.05) is 27.2 Å². The summed E-state index contributed by atoms with van der Waals surface area (Å²) in [5.74, 6) is 1.99. The zero-order chi connectivity index (χ0) is 33.9. The molecule has 2 aromatic rings. The van der Waals surface area contributed by atoms with Crippen LogP contribution in [0.5, 0.6) is 0 Å². The molecule has 4 aliphatic rings. The van der Waals surface area contributed by atoms with E-state index in [1.165, 1.54) is 23.1 Å². The van der Waals surface area contributed by atoms with Gasteiger partial charge in [-0.15, -0.1) is 0 Å². The second-order valence-electron chi connectivity index (χ2n) is 16.2. The average Bonchev–Trinajstić information content (AvgIpc) is 3.38. The first-order chi connectivity index (χ1) is 22.4. The molecule has 1 amide bonds. The maximum absolute atomic E-state index is 14.0. The summed E-state index contributed by atoms with van der Waals surface area (Å²) in [6, 6.07) is 17.8. The SMILES string of the molecule is CC[C@@H]1[C@H](CO)ON(Cc2cccc(CN(Cc3ccccc3C)[C@@H](CC(C)C)CN(C)C)c2)[C@@H]1C(=O)N[C@@H]1C[C@@H]2C[C@H](C1)C2(C)C. The van der Waals surface area contributed by atoms with E-state index >= 15 is 0 Å². The van der Waals surface area contributed by atoms with Gasteiger partial charge in [-0.25, -0.2) is 0 Å². The Balaban J connectivity index is 1.33. The lowest BCUT2D eigenvalue weighted by atomic mass is 9.48. The number of benzene rings is 2. The van der Waals surface area contributed by atoms with E-state index in [4.69, 9.17) is 4.84 Å². The minimum Gasteiger partial charge on any atom is -0.394 e. The molecule has 2 aromatic carbocycles. The number of nitrogens with one attached hydrogen (secondary N) is 1. The van der Waals surface area contributed by atoms with Crippen molar-refractivity contribution in [1.29, 1.82) is 0 Å². The predicted molar refractivity (Wildman–Crippen MR) is 190 cm³/mol. The maximum Gasteiger partial charge on any atom is 0.240 e. The summed E-state index contributed by atoms with van der Waals surface area (Å²) < 4.78 is 0. The van der Waals surface area contributed by atoms with Crippen molar-refractivity contribution in [2.24, 2.45) is 29.1 Å². The van der Waals surface area contributed by atoms with Gasteiger partial charge in [0.15, 0.2) is 0 Å². The molecule has 1 heterocycles. The van der Waals surface area contributed by atoms with Crippen molar-refractivity contribution in [1.82, 2.24) is 20.2 Å². The Kier molecular flexibility index (Phi) is 11.9. The number of carbonyl (C=O) groups excluding carboxylic acids is 1. The maximum atomic E-state index is 14.0. The minimum absolute atomic E-state index is 0.0508. The van der Waals surface area contributed by atoms with E-state index in [9.17, 15) is 9.90 Å². The van der Waals surface area contributed by atoms with Gasteiger partial charge in [-0.1, -0.05) is 83.1 Å². The molecule has 0 spiro atoms. The standard InChI is InChI=1S/C40H62N4O3/c1-9-36-37(26-45)47-44(38(36)39(46)41-34-20-32-19-33(21-34)40(32,5)6)23-30-15-12-14-29(18-30)22-43(24-31-16-11-10-13-28(31)4)35(17-27(2)3)25-42(7)8/h10-16,18,27,32-38,45H,9,17,19-26H2,1-8H3,(H,41,46)/t32-,33+,34+,35-,36+,37-,38-/m0/s1. The lowest BCUT2D eigenvalue weighted by Gasteiger charge is -2.59. The number of nitrogens with zero attached hydrogens (tertiary/aromatic N) is 3. The van der Waals surface area contributed by atoms with E-state index in [2.05, 4.69) is 119 Å². The third-order valence-electron chi connectivity index (χ3n) is 11.7. The highest BCUT2D eigenvalue weighted by Crippen LogP contribution is 2.59. The Labute approximate surface area is 285 Å². The van der Waals surface area contributed by atoms with Crippen LogP contribution in [0.3, 0.4) is 0 Å². The van der Waals surface area contributed by atoms with Crippen LogP contribution < -0.4 is 5.32 Å². The molecule has 0 unspecified atom stereocenters. The van der Waals surface area contributed by atoms with E-state index in [0.29, 0.717) is 35.8 Å². The number of aryl methyl sites for hydroxylation is 1. The van der Waals surface area contributed by atoms with E-state index in [1.54, 1.807) is 0 Å². The number of fused-ring (bicyclic) bond motifs is 2. The van der Waals surface area contributed by atoms with Gasteiger partial charge in [0.25, 0.3) is 0 Å². The molecule has 0 radical (unpaired) electrons. The number of hydrogen-bond donors (Lipinski definition) is 2. The van der Waals surface area contributed by atoms with Gasteiger partial charge in [0.05, 0.1) is 13.2 Å². The second-order valence-corrected chi connectivity index (χ2v) is 16.2. The number of hydrogen-bond acceptors (Lipinski definition) is 6. The molecule has 2 bridgehead atoms. The van der Waals surface area contributed by atoms with E-state index in [0.717, 1.165) is 50.9 Å². The molecule has 260 valence electrons. The summed E-state index contributed by atoms with van der Waals surface area (Å²) in [7, 11) is 4.34. The van der Waals surface area contributed by atoms with Gasteiger partial charge in [0.1, 0.15) is 12.1 Å². The number of rotatable bonds is 15. The van der Waals surface area contributed by atoms with Crippen LogP contribution in [0, 0.1) is 36.0 Å². The normalized spacial score (nSPS) is 27.7. The Bertz CT molecular complexity index is 1300. The Morgan fingerprint density at radius 3 is 2.36 bits per heavy atom. The predicted octanol–water partition coefficient (Wildman–Crippen LogP) is 6.42. The van der Waals surface area contributed by atoms with Crippen molar-refractivity contribution in [3.05, 3.63) is 70.8 Å². The molecule has 0 aromatic heterocycles. The van der Waals surface area contributed by atoms with Crippen molar-refractivity contribution in [3.8, 4) is 0 Å². The van der Waals surface area contributed by atoms with Crippen LogP contribution in [-0.2, 0) is 29.3 Å². The molecule has 1 aliphatic heterocycles. The molecule has 3 aliphatic carbocycles. The van der Waals surface area contributed by atoms with E-state index in [1.807, 2.05) is 5.06 Å². The largest absolute Gasteiger partial charge is 0.394 e. The Hall–Kier alpha value is -2.29. The summed E-state index contributed by atoms with van der Waals surface area (Å²) in [6.45, 7) is 16.9. The molecule has 4 fully saturated rings. The molecule has 7 heteroatoms. The summed E-state index contributed by atoms with van der Waals surface area (Å²) in [5.41, 5.74) is 5.49. The highest BCUT2D eigenvalue weighted by molar-refractivity contribution is 5.82. The van der Waals surface area contributed by atoms with Crippen LogP contribution in [-0.4, -0.2) is 77.4 Å². The zero-order valence-electron chi connectivity index (χ0n) is 30.4. The number of likely N-dealkylation sites (N-methyl/N-ethyl adjacent to an activating group) is 1. The zero-order valence-corrected chi connectivity index (χ0v) is 30.4. The van der Waals surface area contributed by atoms with Gasteiger partial charge in [0, 0.05) is 37.6 Å². The summed E-state index contributed by atoms with van der Waals surface area (Å²) in [4.78, 5) is 25.3. The number of carbonyl (C=O) groups is 1. The van der Waals surface area contributed by atoms with Crippen molar-refractivity contribution in [3.63, 3.8) is 0 Å². The first kappa shape index (κ1) is 36.0. The molecule has 2 N–H and O–H groups in total. The van der Waals surface area contributed by atoms with Gasteiger partial charge >= 0.3 is 0 Å². The van der Waals surface area contributed by atoms with Crippen molar-refractivity contribution < 1.29 is 14.7 Å². The third-order valence-corrected chi connectivity index (χ3v) is 11.7. The van der Waals surface area contributed by atoms with Crippen molar-refractivity contribution in [2.45, 2.75) is 118 Å². The van der Waals surface area contributed by atoms with Gasteiger partial charge in [-0.05, 0) is 98.5 Å². The van der Waals surface area contributed by atoms with E-state index < -0.39 is 6.04 Å². The highest BCUT2D eigenvalue weighted by atomic mass is 16.7. The van der Waals surface area contributed by atoms with Gasteiger partial charge < -0.3 is 15.3 Å². The number of hydroxylamine groups is 2. The molecule has 47 heavy (non-hydrogen) atoms. The molecule has 1 saturated heterocycles. The van der Waals surface area contributed by atoms with Gasteiger partial charge in [0.2, 0.25) is 5.91 Å². The van der Waals surface area contributed by atoms with Gasteiger partial charge in [-0.2, -0.15) is 5.06 Å². The molecular formula is C40H62N4O3. The number of aliphatic hydroxyl groups is 1. The topological polar surface area (TPSA) is 68.3 Å². The lowest BCUT2D eigenvalue weighted by molar-refractivity contribution is -0.182. The quantitative estimate of drug-likeness (QED) is 0.233. The van der Waals surface area contributed by atoms with Crippen molar-refractivity contribution >= 4 is 5.91 Å². The molecule has 7 nitrogen and oxygen atoms in total. The first-order valence-corrected chi connectivity index (χ1v) is 18.2. The Morgan fingerprint density at radius 1 is 1.04 bits per heavy atom. The third kappa shape index (κ3) is 8.48. The fourth-order valence-corrected chi connectivity index (χ4v) is 8.83. The van der Waals surface area contributed by atoms with Crippen LogP contribution in [0.4, 0.5) is 0 Å². The number of aliphatic hydroxyl groups excluding tert-OH is 1. The first-order valence-electron chi connectivity index (χ1n) is 18.2. The monoisotopic (exact) mass is 646 g/mol. The molecule has 3 saturated carbocycles. The highest BCUT2D eigenvalue weighted by Gasteiger charge is 2.54. The van der Waals surface area contributed by atoms with Crippen LogP contribution in [0.25, 0.3) is 0 Å². The second kappa shape index (κ2) is 15.5. The van der Waals surface area contributed by atoms with Crippen LogP contribution in [0.1, 0.15) is 89.0 Å². The summed E-state index contributed by atoms with van der Waals surface area (Å²) >= 11 is 0. The van der Waals surface area contributed by atoms with Crippen LogP contribution in [0.15, 0.2) is 48.5 Å². The van der Waals surface area contributed by atoms with E-state index in [-0.39, 0.29) is 30.6 Å². The fourth-order valence-electron chi connectivity index (χ4n) is 8.83. The molecular weight excluding hydrogens is 584 g/mol.